The summed E-state index contributed by atoms with van der Waals surface area (Å²) in [6.45, 7) is 3.94. The lowest BCUT2D eigenvalue weighted by molar-refractivity contribution is -0.124. The van der Waals surface area contributed by atoms with Gasteiger partial charge in [0.25, 0.3) is 0 Å². The number of carbonyl (C=O) groups excluding carboxylic acids is 2. The van der Waals surface area contributed by atoms with Gasteiger partial charge in [-0.15, -0.1) is 11.8 Å². The second-order valence-corrected chi connectivity index (χ2v) is 7.74. The van der Waals surface area contributed by atoms with Crippen molar-refractivity contribution >= 4 is 29.3 Å². The van der Waals surface area contributed by atoms with E-state index < -0.39 is 0 Å². The number of hydrogen-bond acceptors (Lipinski definition) is 4. The van der Waals surface area contributed by atoms with Crippen LogP contribution in [0.3, 0.4) is 0 Å². The fourth-order valence-corrected chi connectivity index (χ4v) is 4.46. The molecule has 2 heterocycles. The van der Waals surface area contributed by atoms with Crippen LogP contribution in [-0.4, -0.2) is 47.6 Å². The van der Waals surface area contributed by atoms with Crippen LogP contribution in [0, 0.1) is 0 Å². The second kappa shape index (κ2) is 6.93. The first-order valence-corrected chi connectivity index (χ1v) is 9.03. The van der Waals surface area contributed by atoms with Crippen molar-refractivity contribution in [2.75, 3.05) is 24.5 Å². The predicted octanol–water partition coefficient (Wildman–Crippen LogP) is 1.85. The third kappa shape index (κ3) is 3.53. The van der Waals surface area contributed by atoms with Crippen molar-refractivity contribution in [2.24, 2.45) is 5.73 Å². The van der Waals surface area contributed by atoms with Crippen molar-refractivity contribution < 1.29 is 9.59 Å². The molecule has 0 aromatic heterocycles. The van der Waals surface area contributed by atoms with Crippen molar-refractivity contribution in [1.29, 1.82) is 0 Å². The molecule has 0 saturated carbocycles. The Bertz CT molecular complexity index is 607. The molecule has 1 aromatic carbocycles. The zero-order valence-corrected chi connectivity index (χ0v) is 14.2. The molecule has 2 atom stereocenters. The van der Waals surface area contributed by atoms with Crippen LogP contribution >= 0.6 is 11.8 Å². The second-order valence-electron chi connectivity index (χ2n) is 6.26. The number of fused-ring (bicyclic) bond motifs is 1. The Morgan fingerprint density at radius 1 is 1.26 bits per heavy atom. The summed E-state index contributed by atoms with van der Waals surface area (Å²) in [4.78, 5) is 29.3. The quantitative estimate of drug-likeness (QED) is 0.917. The van der Waals surface area contributed by atoms with Crippen molar-refractivity contribution in [2.45, 2.75) is 42.4 Å². The van der Waals surface area contributed by atoms with E-state index in [1.54, 1.807) is 0 Å². The number of primary amides is 1. The smallest absolute Gasteiger partial charge is 0.241 e. The van der Waals surface area contributed by atoms with E-state index in [-0.39, 0.29) is 24.4 Å². The van der Waals surface area contributed by atoms with E-state index in [0.717, 1.165) is 42.9 Å². The Balaban J connectivity index is 1.78. The third-order valence-corrected chi connectivity index (χ3v) is 5.81. The Labute approximate surface area is 141 Å². The standard InChI is InChI=1S/C17H23N3O2S/c1-12-8-10-20(13-5-2-3-7-15(13)23-12)16(21)11-19-9-4-6-14(19)17(18)22/h2-3,5,7,12,14H,4,6,8-11H2,1H3,(H2,18,22)/t12-,14+/m1/s1. The molecule has 2 aliphatic rings. The summed E-state index contributed by atoms with van der Waals surface area (Å²) in [7, 11) is 0. The van der Waals surface area contributed by atoms with Crippen molar-refractivity contribution in [3.63, 3.8) is 0 Å². The topological polar surface area (TPSA) is 66.6 Å². The van der Waals surface area contributed by atoms with Gasteiger partial charge in [-0.05, 0) is 37.9 Å². The Morgan fingerprint density at radius 2 is 2.04 bits per heavy atom. The van der Waals surface area contributed by atoms with Crippen LogP contribution in [0.25, 0.3) is 0 Å². The lowest BCUT2D eigenvalue weighted by Gasteiger charge is -2.27. The van der Waals surface area contributed by atoms with Crippen molar-refractivity contribution in [1.82, 2.24) is 4.90 Å². The van der Waals surface area contributed by atoms with Crippen LogP contribution in [0.4, 0.5) is 5.69 Å². The van der Waals surface area contributed by atoms with Crippen LogP contribution in [0.5, 0.6) is 0 Å². The Hall–Kier alpha value is -1.53. The number of likely N-dealkylation sites (tertiary alicyclic amines) is 1. The van der Waals surface area contributed by atoms with Gasteiger partial charge >= 0.3 is 0 Å². The highest BCUT2D eigenvalue weighted by Gasteiger charge is 2.32. The van der Waals surface area contributed by atoms with Gasteiger partial charge < -0.3 is 10.6 Å². The van der Waals surface area contributed by atoms with Gasteiger partial charge in [0.15, 0.2) is 0 Å². The van der Waals surface area contributed by atoms with E-state index in [1.165, 1.54) is 0 Å². The highest BCUT2D eigenvalue weighted by atomic mass is 32.2. The molecule has 1 saturated heterocycles. The molecule has 3 rings (SSSR count). The molecule has 23 heavy (non-hydrogen) atoms. The highest BCUT2D eigenvalue weighted by molar-refractivity contribution is 8.00. The summed E-state index contributed by atoms with van der Waals surface area (Å²) in [6.07, 6.45) is 2.64. The van der Waals surface area contributed by atoms with Gasteiger partial charge in [-0.3, -0.25) is 14.5 Å². The molecule has 0 radical (unpaired) electrons. The van der Waals surface area contributed by atoms with Crippen LogP contribution in [0.1, 0.15) is 26.2 Å². The molecule has 0 aliphatic carbocycles. The number of anilines is 1. The van der Waals surface area contributed by atoms with E-state index in [9.17, 15) is 9.59 Å². The molecule has 2 aliphatic heterocycles. The fourth-order valence-electron chi connectivity index (χ4n) is 3.34. The number of amides is 2. The first-order chi connectivity index (χ1) is 11.1. The number of para-hydroxylation sites is 1. The van der Waals surface area contributed by atoms with Gasteiger partial charge in [-0.1, -0.05) is 19.1 Å². The van der Waals surface area contributed by atoms with E-state index in [2.05, 4.69) is 13.0 Å². The number of nitrogens with two attached hydrogens (primary N) is 1. The van der Waals surface area contributed by atoms with E-state index in [0.29, 0.717) is 5.25 Å². The summed E-state index contributed by atoms with van der Waals surface area (Å²) < 4.78 is 0. The monoisotopic (exact) mass is 333 g/mol. The lowest BCUT2D eigenvalue weighted by atomic mass is 10.2. The van der Waals surface area contributed by atoms with E-state index >= 15 is 0 Å². The molecule has 124 valence electrons. The maximum absolute atomic E-state index is 12.9. The average Bonchev–Trinajstić information content (AvgIpc) is 2.90. The molecule has 0 bridgehead atoms. The molecule has 6 heteroatoms. The number of benzene rings is 1. The SMILES string of the molecule is C[C@@H]1CCN(C(=O)CN2CCC[C@H]2C(N)=O)c2ccccc2S1. The van der Waals surface area contributed by atoms with Crippen molar-refractivity contribution in [3.05, 3.63) is 24.3 Å². The lowest BCUT2D eigenvalue weighted by Crippen LogP contribution is -2.46. The predicted molar refractivity (Wildman–Crippen MR) is 92.5 cm³/mol. The van der Waals surface area contributed by atoms with E-state index in [1.807, 2.05) is 39.8 Å². The minimum atomic E-state index is -0.323. The van der Waals surface area contributed by atoms with Gasteiger partial charge in [-0.25, -0.2) is 0 Å². The molecule has 1 fully saturated rings. The fraction of sp³-hybridized carbons (Fsp3) is 0.529. The molecular formula is C17H23N3O2S. The molecule has 0 spiro atoms. The summed E-state index contributed by atoms with van der Waals surface area (Å²) in [5.74, 6) is -0.268. The molecular weight excluding hydrogens is 310 g/mol. The summed E-state index contributed by atoms with van der Waals surface area (Å²) >= 11 is 1.82. The van der Waals surface area contributed by atoms with Gasteiger partial charge in [-0.2, -0.15) is 0 Å². The number of thioether (sulfide) groups is 1. The molecule has 1 aromatic rings. The molecule has 0 unspecified atom stereocenters. The van der Waals surface area contributed by atoms with Crippen LogP contribution in [-0.2, 0) is 9.59 Å². The zero-order chi connectivity index (χ0) is 16.4. The minimum absolute atomic E-state index is 0.0558. The van der Waals surface area contributed by atoms with Gasteiger partial charge in [0.2, 0.25) is 11.8 Å². The number of hydrogen-bond donors (Lipinski definition) is 1. The summed E-state index contributed by atoms with van der Waals surface area (Å²) in [5.41, 5.74) is 6.44. The van der Waals surface area contributed by atoms with Gasteiger partial charge in [0.1, 0.15) is 0 Å². The third-order valence-electron chi connectivity index (χ3n) is 4.57. The van der Waals surface area contributed by atoms with Gasteiger partial charge in [0, 0.05) is 16.7 Å². The molecule has 2 N–H and O–H groups in total. The normalized spacial score (nSPS) is 25.0. The maximum atomic E-state index is 12.9. The average molecular weight is 333 g/mol. The minimum Gasteiger partial charge on any atom is -0.368 e. The van der Waals surface area contributed by atoms with Crippen molar-refractivity contribution in [3.8, 4) is 0 Å². The van der Waals surface area contributed by atoms with Crippen LogP contribution in [0.15, 0.2) is 29.2 Å². The maximum Gasteiger partial charge on any atom is 0.241 e. The number of rotatable bonds is 3. The first kappa shape index (κ1) is 16.3. The first-order valence-electron chi connectivity index (χ1n) is 8.15. The van der Waals surface area contributed by atoms with E-state index in [4.69, 9.17) is 5.73 Å². The van der Waals surface area contributed by atoms with Crippen LogP contribution in [0.2, 0.25) is 0 Å². The number of nitrogens with zero attached hydrogens (tertiary/aromatic N) is 2. The highest BCUT2D eigenvalue weighted by Crippen LogP contribution is 2.37. The zero-order valence-electron chi connectivity index (χ0n) is 13.4. The number of carbonyl (C=O) groups is 2. The summed E-state index contributed by atoms with van der Waals surface area (Å²) in [5, 5.41) is 0.485. The Morgan fingerprint density at radius 3 is 2.83 bits per heavy atom. The summed E-state index contributed by atoms with van der Waals surface area (Å²) in [6, 6.07) is 7.76. The van der Waals surface area contributed by atoms with Gasteiger partial charge in [0.05, 0.1) is 18.3 Å². The molecule has 2 amide bonds. The largest absolute Gasteiger partial charge is 0.368 e. The Kier molecular flexibility index (Phi) is 4.92. The van der Waals surface area contributed by atoms with Crippen LogP contribution < -0.4 is 10.6 Å². The molecule has 5 nitrogen and oxygen atoms in total.